The lowest BCUT2D eigenvalue weighted by molar-refractivity contribution is -0.697. The van der Waals surface area contributed by atoms with Crippen molar-refractivity contribution in [2.75, 3.05) is 0 Å². The number of benzene rings is 2. The Morgan fingerprint density at radius 3 is 2.20 bits per heavy atom. The number of aromatic nitrogens is 2. The molecule has 2 aromatic carbocycles. The van der Waals surface area contributed by atoms with Crippen LogP contribution in [0.5, 0.6) is 0 Å². The van der Waals surface area contributed by atoms with E-state index in [9.17, 15) is 0 Å². The lowest BCUT2D eigenvalue weighted by atomic mass is 9.70. The zero-order valence-electron chi connectivity index (χ0n) is 19.1. The SMILES string of the molecule is CCCCCCC[n+]1ccn(C(CC)C(C)(Cc2ccccc2)c2ccccc2)c1. The third kappa shape index (κ3) is 5.62. The van der Waals surface area contributed by atoms with Crippen LogP contribution in [0.15, 0.2) is 79.4 Å². The Bertz CT molecular complexity index is 853. The highest BCUT2D eigenvalue weighted by atomic mass is 15.1. The van der Waals surface area contributed by atoms with Crippen LogP contribution in [-0.2, 0) is 18.4 Å². The minimum absolute atomic E-state index is 0.0232. The van der Waals surface area contributed by atoms with Crippen LogP contribution in [0.4, 0.5) is 0 Å². The normalized spacial score (nSPS) is 14.4. The quantitative estimate of drug-likeness (QED) is 0.230. The van der Waals surface area contributed by atoms with Gasteiger partial charge in [0.25, 0.3) is 0 Å². The Hall–Kier alpha value is -2.35. The molecule has 0 saturated carbocycles. The smallest absolute Gasteiger partial charge is 0.237 e. The Morgan fingerprint density at radius 1 is 0.867 bits per heavy atom. The summed E-state index contributed by atoms with van der Waals surface area (Å²) in [4.78, 5) is 0. The first-order valence-electron chi connectivity index (χ1n) is 11.8. The van der Waals surface area contributed by atoms with Crippen molar-refractivity contribution in [2.24, 2.45) is 0 Å². The molecule has 2 atom stereocenters. The second-order valence-electron chi connectivity index (χ2n) is 8.88. The monoisotopic (exact) mass is 403 g/mol. The van der Waals surface area contributed by atoms with Crippen LogP contribution < -0.4 is 4.57 Å². The van der Waals surface area contributed by atoms with E-state index in [1.807, 2.05) is 0 Å². The van der Waals surface area contributed by atoms with Crippen molar-refractivity contribution in [1.82, 2.24) is 4.57 Å². The first kappa shape index (κ1) is 22.3. The zero-order valence-corrected chi connectivity index (χ0v) is 19.1. The number of hydrogen-bond donors (Lipinski definition) is 0. The predicted octanol–water partition coefficient (Wildman–Crippen LogP) is 6.90. The largest absolute Gasteiger partial charge is 0.244 e. The summed E-state index contributed by atoms with van der Waals surface area (Å²) in [5, 5.41) is 0. The van der Waals surface area contributed by atoms with Crippen LogP contribution in [0.2, 0.25) is 0 Å². The van der Waals surface area contributed by atoms with E-state index in [2.05, 4.69) is 109 Å². The van der Waals surface area contributed by atoms with E-state index in [-0.39, 0.29) is 5.41 Å². The van der Waals surface area contributed by atoms with Gasteiger partial charge in [0, 0.05) is 5.41 Å². The maximum Gasteiger partial charge on any atom is 0.244 e. The molecular formula is C28H39N2+. The third-order valence-electron chi connectivity index (χ3n) is 6.56. The van der Waals surface area contributed by atoms with E-state index in [0.717, 1.165) is 19.4 Å². The summed E-state index contributed by atoms with van der Waals surface area (Å²) in [5.41, 5.74) is 2.84. The second kappa shape index (κ2) is 11.2. The number of aryl methyl sites for hydroxylation is 1. The van der Waals surface area contributed by atoms with E-state index in [0.29, 0.717) is 6.04 Å². The molecule has 0 bridgehead atoms. The van der Waals surface area contributed by atoms with Crippen LogP contribution in [0.25, 0.3) is 0 Å². The first-order valence-corrected chi connectivity index (χ1v) is 11.8. The van der Waals surface area contributed by atoms with Gasteiger partial charge < -0.3 is 0 Å². The molecule has 2 unspecified atom stereocenters. The van der Waals surface area contributed by atoms with Crippen molar-refractivity contribution in [3.63, 3.8) is 0 Å². The number of nitrogens with zero attached hydrogens (tertiary/aromatic N) is 2. The van der Waals surface area contributed by atoms with Crippen LogP contribution in [0.3, 0.4) is 0 Å². The number of hydrogen-bond acceptors (Lipinski definition) is 0. The summed E-state index contributed by atoms with van der Waals surface area (Å²) < 4.78 is 4.84. The lowest BCUT2D eigenvalue weighted by Crippen LogP contribution is -2.37. The maximum absolute atomic E-state index is 2.46. The standard InChI is InChI=1S/C28H39N2/c1-4-6-7-8-15-20-29-21-22-30(24-29)27(5-2)28(3,26-18-13-10-14-19-26)23-25-16-11-9-12-17-25/h9-14,16-19,21-22,24,27H,4-8,15,20,23H2,1-3H3/q+1. The van der Waals surface area contributed by atoms with Crippen molar-refractivity contribution in [2.45, 2.75) is 83.7 Å². The van der Waals surface area contributed by atoms with Crippen molar-refractivity contribution >= 4 is 0 Å². The molecule has 2 nitrogen and oxygen atoms in total. The highest BCUT2D eigenvalue weighted by Crippen LogP contribution is 2.40. The molecule has 0 saturated heterocycles. The molecule has 0 fully saturated rings. The molecular weight excluding hydrogens is 364 g/mol. The van der Waals surface area contributed by atoms with Gasteiger partial charge in [-0.05, 0) is 36.8 Å². The van der Waals surface area contributed by atoms with Gasteiger partial charge in [-0.1, -0.05) is 101 Å². The Labute approximate surface area is 183 Å². The maximum atomic E-state index is 2.46. The molecule has 3 rings (SSSR count). The van der Waals surface area contributed by atoms with Gasteiger partial charge >= 0.3 is 0 Å². The van der Waals surface area contributed by atoms with Crippen LogP contribution in [-0.4, -0.2) is 4.57 Å². The fourth-order valence-corrected chi connectivity index (χ4v) is 4.87. The van der Waals surface area contributed by atoms with E-state index in [4.69, 9.17) is 0 Å². The summed E-state index contributed by atoms with van der Waals surface area (Å²) in [6, 6.07) is 22.4. The molecule has 0 N–H and O–H groups in total. The topological polar surface area (TPSA) is 8.81 Å². The van der Waals surface area contributed by atoms with Crippen molar-refractivity contribution in [3.8, 4) is 0 Å². The van der Waals surface area contributed by atoms with Gasteiger partial charge in [-0.2, -0.15) is 0 Å². The van der Waals surface area contributed by atoms with E-state index >= 15 is 0 Å². The molecule has 1 heterocycles. The van der Waals surface area contributed by atoms with Gasteiger partial charge in [-0.3, -0.25) is 0 Å². The molecule has 0 aliphatic heterocycles. The Balaban J connectivity index is 1.83. The Kier molecular flexibility index (Phi) is 8.30. The molecule has 160 valence electrons. The Morgan fingerprint density at radius 2 is 1.53 bits per heavy atom. The van der Waals surface area contributed by atoms with Crippen molar-refractivity contribution < 1.29 is 4.57 Å². The van der Waals surface area contributed by atoms with Gasteiger partial charge in [0.05, 0.1) is 6.54 Å². The van der Waals surface area contributed by atoms with E-state index in [1.54, 1.807) is 0 Å². The average molecular weight is 404 g/mol. The first-order chi connectivity index (χ1) is 14.7. The van der Waals surface area contributed by atoms with Crippen LogP contribution in [0.1, 0.15) is 76.5 Å². The molecule has 2 heteroatoms. The van der Waals surface area contributed by atoms with Crippen LogP contribution in [0, 0.1) is 0 Å². The molecule has 0 aliphatic carbocycles. The van der Waals surface area contributed by atoms with Crippen LogP contribution >= 0.6 is 0 Å². The number of unbranched alkanes of at least 4 members (excludes halogenated alkanes) is 4. The highest BCUT2D eigenvalue weighted by molar-refractivity contribution is 5.30. The minimum atomic E-state index is 0.0232. The summed E-state index contributed by atoms with van der Waals surface area (Å²) in [5.74, 6) is 0. The lowest BCUT2D eigenvalue weighted by Gasteiger charge is -2.36. The molecule has 0 amide bonds. The summed E-state index contributed by atoms with van der Waals surface area (Å²) in [6.45, 7) is 8.16. The molecule has 30 heavy (non-hydrogen) atoms. The van der Waals surface area contributed by atoms with E-state index in [1.165, 1.54) is 43.2 Å². The van der Waals surface area contributed by atoms with Gasteiger partial charge in [-0.25, -0.2) is 9.13 Å². The van der Waals surface area contributed by atoms with Gasteiger partial charge in [0.2, 0.25) is 6.33 Å². The minimum Gasteiger partial charge on any atom is -0.237 e. The highest BCUT2D eigenvalue weighted by Gasteiger charge is 2.39. The van der Waals surface area contributed by atoms with Gasteiger partial charge in [-0.15, -0.1) is 0 Å². The number of rotatable bonds is 12. The molecule has 1 aromatic heterocycles. The fourth-order valence-electron chi connectivity index (χ4n) is 4.87. The molecule has 0 radical (unpaired) electrons. The summed E-state index contributed by atoms with van der Waals surface area (Å²) >= 11 is 0. The molecule has 0 spiro atoms. The van der Waals surface area contributed by atoms with Gasteiger partial charge in [0.15, 0.2) is 0 Å². The summed E-state index contributed by atoms with van der Waals surface area (Å²) in [6.07, 6.45) is 15.6. The number of imidazole rings is 1. The average Bonchev–Trinajstić information content (AvgIpc) is 3.24. The predicted molar refractivity (Wildman–Crippen MR) is 127 cm³/mol. The molecule has 0 aliphatic rings. The fraction of sp³-hybridized carbons (Fsp3) is 0.464. The van der Waals surface area contributed by atoms with Gasteiger partial charge in [0.1, 0.15) is 18.4 Å². The second-order valence-corrected chi connectivity index (χ2v) is 8.88. The summed E-state index contributed by atoms with van der Waals surface area (Å²) in [7, 11) is 0. The van der Waals surface area contributed by atoms with E-state index < -0.39 is 0 Å². The zero-order chi connectivity index (χ0) is 21.2. The third-order valence-corrected chi connectivity index (χ3v) is 6.56. The van der Waals surface area contributed by atoms with Crippen molar-refractivity contribution in [3.05, 3.63) is 90.5 Å². The molecule has 3 aromatic rings. The van der Waals surface area contributed by atoms with Crippen molar-refractivity contribution in [1.29, 1.82) is 0 Å².